The van der Waals surface area contributed by atoms with Gasteiger partial charge in [-0.3, -0.25) is 14.9 Å². The predicted molar refractivity (Wildman–Crippen MR) is 118 cm³/mol. The molecule has 1 fully saturated rings. The zero-order chi connectivity index (χ0) is 24.9. The third kappa shape index (κ3) is 6.46. The van der Waals surface area contributed by atoms with E-state index in [4.69, 9.17) is 4.74 Å². The van der Waals surface area contributed by atoms with Crippen LogP contribution in [0.15, 0.2) is 42.5 Å². The number of hydrogen-bond acceptors (Lipinski definition) is 6. The number of benzene rings is 2. The Bertz CT molecular complexity index is 1050. The Morgan fingerprint density at radius 1 is 1.06 bits per heavy atom. The van der Waals surface area contributed by atoms with Crippen LogP contribution in [-0.2, 0) is 22.2 Å². The zero-order valence-corrected chi connectivity index (χ0v) is 18.5. The lowest BCUT2D eigenvalue weighted by Crippen LogP contribution is -2.50. The second kappa shape index (κ2) is 10.5. The fraction of sp³-hybridized carbons (Fsp3) is 0.391. The van der Waals surface area contributed by atoms with E-state index in [1.54, 1.807) is 21.9 Å². The molecular weight excluding hydrogens is 455 g/mol. The summed E-state index contributed by atoms with van der Waals surface area (Å²) in [4.78, 5) is 37.2. The Balaban J connectivity index is 1.54. The van der Waals surface area contributed by atoms with Crippen LogP contribution in [0.4, 0.5) is 24.5 Å². The highest BCUT2D eigenvalue weighted by Gasteiger charge is 2.34. The predicted octanol–water partition coefficient (Wildman–Crippen LogP) is 3.86. The van der Waals surface area contributed by atoms with Gasteiger partial charge in [-0.05, 0) is 43.2 Å². The number of ketones is 1. The molecule has 0 radical (unpaired) electrons. The van der Waals surface area contributed by atoms with E-state index in [0.717, 1.165) is 17.7 Å². The molecule has 1 saturated heterocycles. The number of nitro benzene ring substituents is 1. The van der Waals surface area contributed by atoms with Gasteiger partial charge in [-0.15, -0.1) is 0 Å². The summed E-state index contributed by atoms with van der Waals surface area (Å²) in [6.07, 6.45) is -3.58. The molecule has 0 atom stereocenters. The number of anilines is 1. The number of piperazine rings is 1. The minimum absolute atomic E-state index is 0.0891. The van der Waals surface area contributed by atoms with Crippen LogP contribution in [-0.4, -0.2) is 54.3 Å². The van der Waals surface area contributed by atoms with Crippen molar-refractivity contribution in [1.29, 1.82) is 0 Å². The van der Waals surface area contributed by atoms with Gasteiger partial charge >= 0.3 is 6.18 Å². The number of aryl methyl sites for hydroxylation is 1. The number of Topliss-reactive ketones (excluding diaryl/α,β-unsaturated/α-hetero) is 1. The van der Waals surface area contributed by atoms with Crippen molar-refractivity contribution in [3.05, 3.63) is 63.7 Å². The van der Waals surface area contributed by atoms with Crippen LogP contribution in [0, 0.1) is 10.1 Å². The van der Waals surface area contributed by atoms with Gasteiger partial charge in [-0.1, -0.05) is 12.1 Å². The molecule has 2 aromatic rings. The maximum atomic E-state index is 12.9. The molecule has 0 bridgehead atoms. The minimum Gasteiger partial charge on any atom is -0.484 e. The molecule has 182 valence electrons. The fourth-order valence-corrected chi connectivity index (χ4v) is 3.62. The van der Waals surface area contributed by atoms with Crippen LogP contribution in [0.3, 0.4) is 0 Å². The highest BCUT2D eigenvalue weighted by molar-refractivity contribution is 5.78. The van der Waals surface area contributed by atoms with Gasteiger partial charge in [-0.2, -0.15) is 13.2 Å². The highest BCUT2D eigenvalue weighted by Crippen LogP contribution is 2.36. The molecule has 0 aromatic heterocycles. The molecule has 11 heteroatoms. The van der Waals surface area contributed by atoms with Crippen LogP contribution >= 0.6 is 0 Å². The first kappa shape index (κ1) is 25.0. The summed E-state index contributed by atoms with van der Waals surface area (Å²) >= 11 is 0. The first-order valence-corrected chi connectivity index (χ1v) is 10.6. The van der Waals surface area contributed by atoms with Crippen molar-refractivity contribution in [2.24, 2.45) is 0 Å². The van der Waals surface area contributed by atoms with E-state index >= 15 is 0 Å². The fourth-order valence-electron chi connectivity index (χ4n) is 3.62. The lowest BCUT2D eigenvalue weighted by molar-refractivity contribution is -0.384. The average Bonchev–Trinajstić information content (AvgIpc) is 2.81. The average molecular weight is 479 g/mol. The second-order valence-electron chi connectivity index (χ2n) is 7.96. The maximum absolute atomic E-state index is 12.9. The molecule has 34 heavy (non-hydrogen) atoms. The number of hydrogen-bond donors (Lipinski definition) is 0. The topological polar surface area (TPSA) is 93.0 Å². The van der Waals surface area contributed by atoms with Crippen molar-refractivity contribution in [3.63, 3.8) is 0 Å². The highest BCUT2D eigenvalue weighted by atomic mass is 19.4. The van der Waals surface area contributed by atoms with E-state index in [1.807, 2.05) is 12.1 Å². The number of rotatable bonds is 8. The number of nitro groups is 1. The molecule has 0 spiro atoms. The van der Waals surface area contributed by atoms with E-state index in [0.29, 0.717) is 24.7 Å². The SMILES string of the molecule is CC(=O)CCc1ccc(OCC(=O)N2CCN(c3ccc(C(F)(F)F)cc3[N+](=O)[O-])CC2)cc1. The van der Waals surface area contributed by atoms with Crippen molar-refractivity contribution in [2.75, 3.05) is 37.7 Å². The second-order valence-corrected chi connectivity index (χ2v) is 7.96. The minimum atomic E-state index is -4.68. The standard InChI is InChI=1S/C23H24F3N3O5/c1-16(30)2-3-17-4-7-19(8-5-17)34-15-22(31)28-12-10-27(11-13-28)20-9-6-18(23(24,25)26)14-21(20)29(32)33/h4-9,14H,2-3,10-13,15H2,1H3. The number of carbonyl (C=O) groups is 2. The summed E-state index contributed by atoms with van der Waals surface area (Å²) < 4.78 is 44.3. The monoisotopic (exact) mass is 479 g/mol. The first-order valence-electron chi connectivity index (χ1n) is 10.6. The molecule has 0 N–H and O–H groups in total. The van der Waals surface area contributed by atoms with Crippen LogP contribution in [0.1, 0.15) is 24.5 Å². The normalized spacial score (nSPS) is 14.1. The van der Waals surface area contributed by atoms with Gasteiger partial charge in [0.1, 0.15) is 17.2 Å². The molecule has 2 aromatic carbocycles. The Labute approximate surface area is 194 Å². The van der Waals surface area contributed by atoms with Crippen LogP contribution < -0.4 is 9.64 Å². The molecule has 3 rings (SSSR count). The van der Waals surface area contributed by atoms with Crippen LogP contribution in [0.2, 0.25) is 0 Å². The number of carbonyl (C=O) groups excluding carboxylic acids is 2. The Morgan fingerprint density at radius 3 is 2.26 bits per heavy atom. The molecule has 0 saturated carbocycles. The van der Waals surface area contributed by atoms with Crippen molar-refractivity contribution < 1.29 is 32.4 Å². The summed E-state index contributed by atoms with van der Waals surface area (Å²) in [5, 5.41) is 11.3. The van der Waals surface area contributed by atoms with Gasteiger partial charge in [0, 0.05) is 38.7 Å². The largest absolute Gasteiger partial charge is 0.484 e. The molecule has 0 aliphatic carbocycles. The van der Waals surface area contributed by atoms with E-state index in [2.05, 4.69) is 0 Å². The smallest absolute Gasteiger partial charge is 0.416 e. The molecule has 1 amide bonds. The van der Waals surface area contributed by atoms with Crippen LogP contribution in [0.25, 0.3) is 0 Å². The molecule has 0 unspecified atom stereocenters. The molecular formula is C23H24F3N3O5. The molecule has 8 nitrogen and oxygen atoms in total. The van der Waals surface area contributed by atoms with Crippen molar-refractivity contribution in [2.45, 2.75) is 25.9 Å². The van der Waals surface area contributed by atoms with Gasteiger partial charge in [-0.25, -0.2) is 0 Å². The lowest BCUT2D eigenvalue weighted by Gasteiger charge is -2.35. The van der Waals surface area contributed by atoms with E-state index < -0.39 is 22.4 Å². The Hall–Kier alpha value is -3.63. The summed E-state index contributed by atoms with van der Waals surface area (Å²) in [7, 11) is 0. The molecule has 1 aliphatic heterocycles. The van der Waals surface area contributed by atoms with Gasteiger partial charge < -0.3 is 19.3 Å². The number of alkyl halides is 3. The number of amides is 1. The Morgan fingerprint density at radius 2 is 1.71 bits per heavy atom. The Kier molecular flexibility index (Phi) is 7.75. The van der Waals surface area contributed by atoms with E-state index in [1.165, 1.54) is 6.92 Å². The summed E-state index contributed by atoms with van der Waals surface area (Å²) in [6, 6.07) is 9.57. The zero-order valence-electron chi connectivity index (χ0n) is 18.5. The number of ether oxygens (including phenoxy) is 1. The summed E-state index contributed by atoms with van der Waals surface area (Å²) in [6.45, 7) is 2.33. The van der Waals surface area contributed by atoms with Crippen molar-refractivity contribution >= 4 is 23.1 Å². The first-order chi connectivity index (χ1) is 16.0. The molecule has 1 aliphatic rings. The quantitative estimate of drug-likeness (QED) is 0.422. The summed E-state index contributed by atoms with van der Waals surface area (Å²) in [5.74, 6) is 0.361. The van der Waals surface area contributed by atoms with E-state index in [-0.39, 0.29) is 50.2 Å². The maximum Gasteiger partial charge on any atom is 0.416 e. The molecule has 1 heterocycles. The number of halogens is 3. The van der Waals surface area contributed by atoms with Crippen LogP contribution in [0.5, 0.6) is 5.75 Å². The van der Waals surface area contributed by atoms with Gasteiger partial charge in [0.2, 0.25) is 0 Å². The van der Waals surface area contributed by atoms with Gasteiger partial charge in [0.15, 0.2) is 6.61 Å². The van der Waals surface area contributed by atoms with Gasteiger partial charge in [0.25, 0.3) is 11.6 Å². The van der Waals surface area contributed by atoms with Gasteiger partial charge in [0.05, 0.1) is 10.5 Å². The lowest BCUT2D eigenvalue weighted by atomic mass is 10.1. The summed E-state index contributed by atoms with van der Waals surface area (Å²) in [5.41, 5.74) is -0.626. The van der Waals surface area contributed by atoms with Crippen molar-refractivity contribution in [3.8, 4) is 5.75 Å². The van der Waals surface area contributed by atoms with E-state index in [9.17, 15) is 32.9 Å². The third-order valence-electron chi connectivity index (χ3n) is 5.52. The van der Waals surface area contributed by atoms with Crippen molar-refractivity contribution in [1.82, 2.24) is 4.90 Å². The number of nitrogens with zero attached hydrogens (tertiary/aromatic N) is 3. The third-order valence-corrected chi connectivity index (χ3v) is 5.52.